The third kappa shape index (κ3) is 10.2. The summed E-state index contributed by atoms with van der Waals surface area (Å²) in [6.07, 6.45) is -0.809. The lowest BCUT2D eigenvalue weighted by atomic mass is 10.1. The van der Waals surface area contributed by atoms with E-state index >= 15 is 0 Å². The van der Waals surface area contributed by atoms with Gasteiger partial charge >= 0.3 is 12.1 Å². The minimum absolute atomic E-state index is 0.142. The van der Waals surface area contributed by atoms with Crippen LogP contribution in [0.5, 0.6) is 11.5 Å². The number of hydrogen-bond acceptors (Lipinski definition) is 6. The van der Waals surface area contributed by atoms with E-state index in [1.807, 2.05) is 30.3 Å². The number of benzene rings is 3. The van der Waals surface area contributed by atoms with Crippen molar-refractivity contribution in [1.82, 2.24) is 4.90 Å². The van der Waals surface area contributed by atoms with Gasteiger partial charge in [-0.2, -0.15) is 0 Å². The highest BCUT2D eigenvalue weighted by molar-refractivity contribution is 7.99. The van der Waals surface area contributed by atoms with Gasteiger partial charge in [0.2, 0.25) is 0 Å². The maximum atomic E-state index is 14.0. The molecule has 0 radical (unpaired) electrons. The van der Waals surface area contributed by atoms with E-state index in [1.165, 1.54) is 4.90 Å². The molecule has 3 rings (SSSR count). The highest BCUT2D eigenvalue weighted by Gasteiger charge is 2.19. The fourth-order valence-corrected chi connectivity index (χ4v) is 4.46. The molecule has 0 saturated heterocycles. The van der Waals surface area contributed by atoms with E-state index < -0.39 is 29.8 Å². The van der Waals surface area contributed by atoms with Crippen LogP contribution >= 0.6 is 11.8 Å². The lowest BCUT2D eigenvalue weighted by Crippen LogP contribution is -2.37. The number of nitrogens with zero attached hydrogens (tertiary/aromatic N) is 1. The van der Waals surface area contributed by atoms with E-state index in [1.54, 1.807) is 43.0 Å². The summed E-state index contributed by atoms with van der Waals surface area (Å²) in [5, 5.41) is 9.26. The van der Waals surface area contributed by atoms with Crippen LogP contribution < -0.4 is 9.47 Å². The molecule has 0 fully saturated rings. The van der Waals surface area contributed by atoms with Crippen LogP contribution in [0.15, 0.2) is 77.7 Å². The van der Waals surface area contributed by atoms with Crippen LogP contribution in [0.1, 0.15) is 18.9 Å². The normalized spacial score (nSPS) is 11.6. The van der Waals surface area contributed by atoms with E-state index in [-0.39, 0.29) is 25.3 Å². The molecule has 3 aromatic carbocycles. The van der Waals surface area contributed by atoms with Gasteiger partial charge in [-0.05, 0) is 61.1 Å². The SMILES string of the molecule is CCOC(Cc1ccc(OCCN(CCCSc2ccccc2)C(=O)Oc2ccc(F)cc2F)cc1)C(=O)O. The Labute approximate surface area is 230 Å². The van der Waals surface area contributed by atoms with Gasteiger partial charge < -0.3 is 24.2 Å². The fourth-order valence-electron chi connectivity index (χ4n) is 3.60. The Kier molecular flexibility index (Phi) is 12.0. The highest BCUT2D eigenvalue weighted by Crippen LogP contribution is 2.21. The van der Waals surface area contributed by atoms with Crippen molar-refractivity contribution in [3.8, 4) is 11.5 Å². The lowest BCUT2D eigenvalue weighted by Gasteiger charge is -2.22. The van der Waals surface area contributed by atoms with Gasteiger partial charge in [-0.15, -0.1) is 11.8 Å². The van der Waals surface area contributed by atoms with Crippen LogP contribution in [0.25, 0.3) is 0 Å². The monoisotopic (exact) mass is 559 g/mol. The standard InChI is InChI=1S/C29H31F2NO6S/c1-2-36-27(28(33)34)19-21-9-12-23(13-10-21)37-17-16-32(15-6-18-39-24-7-4-3-5-8-24)29(35)38-26-14-11-22(30)20-25(26)31/h3-5,7-14,20,27H,2,6,15-19H2,1H3,(H,33,34). The van der Waals surface area contributed by atoms with Crippen LogP contribution in [-0.4, -0.2) is 60.2 Å². The summed E-state index contributed by atoms with van der Waals surface area (Å²) in [5.41, 5.74) is 0.783. The number of rotatable bonds is 15. The number of carboxylic acid groups (broad SMARTS) is 1. The molecule has 208 valence electrons. The summed E-state index contributed by atoms with van der Waals surface area (Å²) in [6.45, 7) is 2.70. The molecule has 1 atom stereocenters. The topological polar surface area (TPSA) is 85.3 Å². The number of carbonyl (C=O) groups excluding carboxylic acids is 1. The van der Waals surface area contributed by atoms with E-state index in [4.69, 9.17) is 14.2 Å². The average molecular weight is 560 g/mol. The summed E-state index contributed by atoms with van der Waals surface area (Å²) in [7, 11) is 0. The molecular weight excluding hydrogens is 528 g/mol. The predicted octanol–water partition coefficient (Wildman–Crippen LogP) is 6.06. The summed E-state index contributed by atoms with van der Waals surface area (Å²) in [4.78, 5) is 26.7. The number of thioether (sulfide) groups is 1. The average Bonchev–Trinajstić information content (AvgIpc) is 2.92. The molecule has 1 unspecified atom stereocenters. The van der Waals surface area contributed by atoms with Crippen molar-refractivity contribution in [2.45, 2.75) is 30.8 Å². The second-order valence-electron chi connectivity index (χ2n) is 8.42. The van der Waals surface area contributed by atoms with Crippen molar-refractivity contribution in [3.05, 3.63) is 90.0 Å². The number of ether oxygens (including phenoxy) is 3. The Bertz CT molecular complexity index is 1200. The Morgan fingerprint density at radius 3 is 2.41 bits per heavy atom. The van der Waals surface area contributed by atoms with Crippen molar-refractivity contribution in [1.29, 1.82) is 0 Å². The summed E-state index contributed by atoms with van der Waals surface area (Å²) >= 11 is 1.66. The zero-order valence-corrected chi connectivity index (χ0v) is 22.4. The molecule has 0 aliphatic rings. The van der Waals surface area contributed by atoms with Gasteiger partial charge in [0.05, 0.1) is 6.54 Å². The summed E-state index contributed by atoms with van der Waals surface area (Å²) in [5.74, 6) is -1.81. The van der Waals surface area contributed by atoms with Crippen LogP contribution in [-0.2, 0) is 16.0 Å². The summed E-state index contributed by atoms with van der Waals surface area (Å²) < 4.78 is 43.5. The first-order valence-corrected chi connectivity index (χ1v) is 13.5. The van der Waals surface area contributed by atoms with Crippen LogP contribution in [0.3, 0.4) is 0 Å². The zero-order valence-electron chi connectivity index (χ0n) is 21.6. The molecule has 7 nitrogen and oxygen atoms in total. The van der Waals surface area contributed by atoms with Crippen molar-refractivity contribution >= 4 is 23.8 Å². The van der Waals surface area contributed by atoms with Gasteiger partial charge in [-0.25, -0.2) is 18.4 Å². The molecule has 10 heteroatoms. The van der Waals surface area contributed by atoms with Gasteiger partial charge in [0.25, 0.3) is 0 Å². The first kappa shape index (κ1) is 29.9. The Morgan fingerprint density at radius 1 is 1.00 bits per heavy atom. The van der Waals surface area contributed by atoms with Crippen molar-refractivity contribution < 1.29 is 37.7 Å². The Balaban J connectivity index is 1.56. The fraction of sp³-hybridized carbons (Fsp3) is 0.310. The molecule has 0 heterocycles. The Morgan fingerprint density at radius 2 is 1.74 bits per heavy atom. The quantitative estimate of drug-likeness (QED) is 0.179. The number of aliphatic carboxylic acids is 1. The largest absolute Gasteiger partial charge is 0.492 e. The molecule has 0 aromatic heterocycles. The maximum absolute atomic E-state index is 14.0. The second-order valence-corrected chi connectivity index (χ2v) is 9.59. The highest BCUT2D eigenvalue weighted by atomic mass is 32.2. The molecule has 1 amide bonds. The molecule has 3 aromatic rings. The second kappa shape index (κ2) is 15.7. The molecule has 0 bridgehead atoms. The van der Waals surface area contributed by atoms with Gasteiger partial charge in [0.1, 0.15) is 18.2 Å². The van der Waals surface area contributed by atoms with E-state index in [9.17, 15) is 23.5 Å². The van der Waals surface area contributed by atoms with E-state index in [2.05, 4.69) is 0 Å². The molecule has 1 N–H and O–H groups in total. The number of amides is 1. The maximum Gasteiger partial charge on any atom is 0.415 e. The van der Waals surface area contributed by atoms with Crippen molar-refractivity contribution in [2.75, 3.05) is 32.1 Å². The molecule has 0 aliphatic heterocycles. The Hall–Kier alpha value is -3.63. The zero-order chi connectivity index (χ0) is 28.0. The first-order chi connectivity index (χ1) is 18.9. The number of halogens is 2. The van der Waals surface area contributed by atoms with Gasteiger partial charge in [-0.3, -0.25) is 0 Å². The first-order valence-electron chi connectivity index (χ1n) is 12.5. The van der Waals surface area contributed by atoms with Gasteiger partial charge in [0, 0.05) is 30.5 Å². The molecule has 0 saturated carbocycles. The van der Waals surface area contributed by atoms with Gasteiger partial charge in [-0.1, -0.05) is 30.3 Å². The smallest absolute Gasteiger partial charge is 0.415 e. The lowest BCUT2D eigenvalue weighted by molar-refractivity contribution is -0.149. The van der Waals surface area contributed by atoms with Crippen LogP contribution in [0, 0.1) is 11.6 Å². The van der Waals surface area contributed by atoms with Gasteiger partial charge in [0.15, 0.2) is 17.7 Å². The summed E-state index contributed by atoms with van der Waals surface area (Å²) in [6, 6.07) is 19.6. The molecule has 0 spiro atoms. The van der Waals surface area contributed by atoms with Crippen molar-refractivity contribution in [2.24, 2.45) is 0 Å². The third-order valence-electron chi connectivity index (χ3n) is 5.55. The van der Waals surface area contributed by atoms with E-state index in [0.29, 0.717) is 31.4 Å². The predicted molar refractivity (Wildman–Crippen MR) is 144 cm³/mol. The number of carbonyl (C=O) groups is 2. The molecular formula is C29H31F2NO6S. The third-order valence-corrected chi connectivity index (χ3v) is 6.65. The minimum Gasteiger partial charge on any atom is -0.492 e. The van der Waals surface area contributed by atoms with Crippen LogP contribution in [0.2, 0.25) is 0 Å². The molecule has 0 aliphatic carbocycles. The van der Waals surface area contributed by atoms with Crippen LogP contribution in [0.4, 0.5) is 13.6 Å². The number of hydrogen-bond donors (Lipinski definition) is 1. The molecule has 39 heavy (non-hydrogen) atoms. The van der Waals surface area contributed by atoms with Crippen molar-refractivity contribution in [3.63, 3.8) is 0 Å². The minimum atomic E-state index is -1.02. The van der Waals surface area contributed by atoms with E-state index in [0.717, 1.165) is 28.3 Å². The number of carboxylic acids is 1.